The molecule has 21 heavy (non-hydrogen) atoms. The number of nitrogens with one attached hydrogen (secondary N) is 2. The van der Waals surface area contributed by atoms with E-state index in [1.807, 2.05) is 0 Å². The molecule has 112 valence electrons. The number of nitriles is 1. The van der Waals surface area contributed by atoms with Gasteiger partial charge in [0.25, 0.3) is 0 Å². The number of carbonyl (C=O) groups is 1. The molecule has 0 radical (unpaired) electrons. The maximum absolute atomic E-state index is 13.4. The van der Waals surface area contributed by atoms with Crippen molar-refractivity contribution >= 4 is 11.6 Å². The minimum Gasteiger partial charge on any atom is -0.374 e. The highest BCUT2D eigenvalue weighted by atomic mass is 19.1. The van der Waals surface area contributed by atoms with Gasteiger partial charge < -0.3 is 10.6 Å². The smallest absolute Gasteiger partial charge is 0.240 e. The molecule has 1 aromatic rings. The summed E-state index contributed by atoms with van der Waals surface area (Å²) < 4.78 is 26.4. The standard InChI is InChI=1S/C15H17F2N3O/c16-11-4-5-12(17)13(8-11)19-9-14(21)20-15(10-18)6-2-1-3-7-15/h4-5,8,19H,1-3,6-7,9H2,(H,20,21). The summed E-state index contributed by atoms with van der Waals surface area (Å²) in [7, 11) is 0. The maximum Gasteiger partial charge on any atom is 0.240 e. The summed E-state index contributed by atoms with van der Waals surface area (Å²) in [6.07, 6.45) is 4.12. The van der Waals surface area contributed by atoms with Crippen LogP contribution < -0.4 is 10.6 Å². The molecule has 0 atom stereocenters. The monoisotopic (exact) mass is 293 g/mol. The number of anilines is 1. The summed E-state index contributed by atoms with van der Waals surface area (Å²) in [5.41, 5.74) is -0.892. The number of carbonyl (C=O) groups excluding carboxylic acids is 1. The first-order valence-electron chi connectivity index (χ1n) is 6.96. The minimum atomic E-state index is -0.822. The Hall–Kier alpha value is -2.16. The molecule has 1 aliphatic rings. The van der Waals surface area contributed by atoms with E-state index in [1.165, 1.54) is 0 Å². The Morgan fingerprint density at radius 2 is 2.00 bits per heavy atom. The van der Waals surface area contributed by atoms with Crippen molar-refractivity contribution in [3.8, 4) is 6.07 Å². The van der Waals surface area contributed by atoms with Crippen LogP contribution in [-0.4, -0.2) is 18.0 Å². The molecule has 1 aromatic carbocycles. The van der Waals surface area contributed by atoms with Crippen LogP contribution in [0.15, 0.2) is 18.2 Å². The Morgan fingerprint density at radius 1 is 1.29 bits per heavy atom. The number of amides is 1. The number of hydrogen-bond donors (Lipinski definition) is 2. The van der Waals surface area contributed by atoms with Crippen molar-refractivity contribution in [3.63, 3.8) is 0 Å². The van der Waals surface area contributed by atoms with Gasteiger partial charge in [-0.05, 0) is 31.0 Å². The predicted molar refractivity (Wildman–Crippen MR) is 74.4 cm³/mol. The summed E-state index contributed by atoms with van der Waals surface area (Å²) in [6, 6.07) is 5.16. The summed E-state index contributed by atoms with van der Waals surface area (Å²) in [4.78, 5) is 11.9. The van der Waals surface area contributed by atoms with Crippen molar-refractivity contribution in [2.45, 2.75) is 37.6 Å². The molecule has 2 N–H and O–H groups in total. The Bertz CT molecular complexity index is 563. The third-order valence-electron chi connectivity index (χ3n) is 3.67. The number of rotatable bonds is 4. The van der Waals surface area contributed by atoms with Gasteiger partial charge >= 0.3 is 0 Å². The van der Waals surface area contributed by atoms with Crippen molar-refractivity contribution in [1.29, 1.82) is 5.26 Å². The molecule has 0 spiro atoms. The Labute approximate surface area is 122 Å². The highest BCUT2D eigenvalue weighted by Gasteiger charge is 2.33. The van der Waals surface area contributed by atoms with Crippen LogP contribution in [0.1, 0.15) is 32.1 Å². The van der Waals surface area contributed by atoms with Crippen LogP contribution in [0.2, 0.25) is 0 Å². The van der Waals surface area contributed by atoms with E-state index in [-0.39, 0.29) is 12.2 Å². The number of halogens is 2. The molecular formula is C15H17F2N3O. The van der Waals surface area contributed by atoms with Gasteiger partial charge in [-0.15, -0.1) is 0 Å². The lowest BCUT2D eigenvalue weighted by molar-refractivity contribution is -0.121. The van der Waals surface area contributed by atoms with Gasteiger partial charge in [-0.1, -0.05) is 19.3 Å². The second-order valence-corrected chi connectivity index (χ2v) is 5.28. The first-order chi connectivity index (χ1) is 10.0. The average molecular weight is 293 g/mol. The molecule has 1 saturated carbocycles. The molecule has 4 nitrogen and oxygen atoms in total. The lowest BCUT2D eigenvalue weighted by Crippen LogP contribution is -2.50. The van der Waals surface area contributed by atoms with Gasteiger partial charge in [0.2, 0.25) is 5.91 Å². The van der Waals surface area contributed by atoms with Crippen molar-refractivity contribution < 1.29 is 13.6 Å². The SMILES string of the molecule is N#CC1(NC(=O)CNc2cc(F)ccc2F)CCCCC1. The molecule has 2 rings (SSSR count). The first-order valence-corrected chi connectivity index (χ1v) is 6.96. The molecule has 1 aliphatic carbocycles. The van der Waals surface area contributed by atoms with Gasteiger partial charge in [0.05, 0.1) is 18.3 Å². The lowest BCUT2D eigenvalue weighted by Gasteiger charge is -2.31. The highest BCUT2D eigenvalue weighted by molar-refractivity contribution is 5.81. The topological polar surface area (TPSA) is 64.9 Å². The fourth-order valence-electron chi connectivity index (χ4n) is 2.54. The largest absolute Gasteiger partial charge is 0.374 e. The zero-order valence-corrected chi connectivity index (χ0v) is 11.6. The van der Waals surface area contributed by atoms with Gasteiger partial charge in [-0.25, -0.2) is 8.78 Å². The molecule has 1 amide bonds. The van der Waals surface area contributed by atoms with E-state index in [4.69, 9.17) is 0 Å². The van der Waals surface area contributed by atoms with Crippen LogP contribution in [0.25, 0.3) is 0 Å². The lowest BCUT2D eigenvalue weighted by atomic mass is 9.83. The third-order valence-corrected chi connectivity index (χ3v) is 3.67. The summed E-state index contributed by atoms with van der Waals surface area (Å²) in [6.45, 7) is -0.205. The molecule has 0 aromatic heterocycles. The van der Waals surface area contributed by atoms with Crippen LogP contribution in [-0.2, 0) is 4.79 Å². The quantitative estimate of drug-likeness (QED) is 0.897. The van der Waals surface area contributed by atoms with E-state index in [1.54, 1.807) is 0 Å². The Balaban J connectivity index is 1.93. The van der Waals surface area contributed by atoms with E-state index in [0.29, 0.717) is 12.8 Å². The number of nitrogens with zero attached hydrogens (tertiary/aromatic N) is 1. The number of benzene rings is 1. The van der Waals surface area contributed by atoms with Gasteiger partial charge in [-0.2, -0.15) is 5.26 Å². The fraction of sp³-hybridized carbons (Fsp3) is 0.467. The van der Waals surface area contributed by atoms with Crippen LogP contribution in [0.5, 0.6) is 0 Å². The fourth-order valence-corrected chi connectivity index (χ4v) is 2.54. The van der Waals surface area contributed by atoms with Crippen molar-refractivity contribution in [2.75, 3.05) is 11.9 Å². The first kappa shape index (κ1) is 15.2. The van der Waals surface area contributed by atoms with Crippen molar-refractivity contribution in [1.82, 2.24) is 5.32 Å². The van der Waals surface area contributed by atoms with Gasteiger partial charge in [-0.3, -0.25) is 4.79 Å². The van der Waals surface area contributed by atoms with E-state index in [9.17, 15) is 18.8 Å². The molecule has 0 unspecified atom stereocenters. The molecular weight excluding hydrogens is 276 g/mol. The summed E-state index contributed by atoms with van der Waals surface area (Å²) in [5, 5.41) is 14.5. The molecule has 0 saturated heterocycles. The molecule has 0 heterocycles. The van der Waals surface area contributed by atoms with E-state index >= 15 is 0 Å². The van der Waals surface area contributed by atoms with Crippen LogP contribution in [0.4, 0.5) is 14.5 Å². The van der Waals surface area contributed by atoms with Gasteiger partial charge in [0.15, 0.2) is 0 Å². The molecule has 1 fully saturated rings. The Kier molecular flexibility index (Phi) is 4.73. The van der Waals surface area contributed by atoms with Crippen molar-refractivity contribution in [2.24, 2.45) is 0 Å². The minimum absolute atomic E-state index is 0.0696. The average Bonchev–Trinajstić information content (AvgIpc) is 2.49. The van der Waals surface area contributed by atoms with Crippen LogP contribution in [0.3, 0.4) is 0 Å². The highest BCUT2D eigenvalue weighted by Crippen LogP contribution is 2.27. The van der Waals surface area contributed by atoms with E-state index in [0.717, 1.165) is 37.5 Å². The second kappa shape index (κ2) is 6.53. The van der Waals surface area contributed by atoms with Crippen molar-refractivity contribution in [3.05, 3.63) is 29.8 Å². The van der Waals surface area contributed by atoms with Gasteiger partial charge in [0, 0.05) is 0 Å². The predicted octanol–water partition coefficient (Wildman–Crippen LogP) is 2.72. The zero-order chi connectivity index (χ0) is 15.3. The van der Waals surface area contributed by atoms with Crippen LogP contribution in [0, 0.1) is 23.0 Å². The van der Waals surface area contributed by atoms with E-state index in [2.05, 4.69) is 16.7 Å². The van der Waals surface area contributed by atoms with Gasteiger partial charge in [0.1, 0.15) is 17.2 Å². The molecule has 0 aliphatic heterocycles. The Morgan fingerprint density at radius 3 is 2.67 bits per heavy atom. The summed E-state index contributed by atoms with van der Waals surface area (Å²) >= 11 is 0. The zero-order valence-electron chi connectivity index (χ0n) is 11.6. The molecule has 0 bridgehead atoms. The third kappa shape index (κ3) is 3.91. The number of hydrogen-bond acceptors (Lipinski definition) is 3. The van der Waals surface area contributed by atoms with E-state index < -0.39 is 23.1 Å². The normalized spacial score (nSPS) is 16.8. The molecule has 6 heteroatoms. The second-order valence-electron chi connectivity index (χ2n) is 5.28. The maximum atomic E-state index is 13.4. The summed E-state index contributed by atoms with van der Waals surface area (Å²) in [5.74, 6) is -1.61. The van der Waals surface area contributed by atoms with Crippen LogP contribution >= 0.6 is 0 Å².